The van der Waals surface area contributed by atoms with Crippen molar-refractivity contribution in [3.8, 4) is 0 Å². The summed E-state index contributed by atoms with van der Waals surface area (Å²) in [5.41, 5.74) is 1.26. The molecule has 0 radical (unpaired) electrons. The monoisotopic (exact) mass is 384 g/mol. The highest BCUT2D eigenvalue weighted by molar-refractivity contribution is 7.89. The van der Waals surface area contributed by atoms with Crippen LogP contribution in [0.3, 0.4) is 0 Å². The van der Waals surface area contributed by atoms with Gasteiger partial charge in [0.05, 0.1) is 11.9 Å². The van der Waals surface area contributed by atoms with E-state index in [1.54, 1.807) is 7.05 Å². The molecular formula is C17H32N6O2S. The first-order valence-corrected chi connectivity index (χ1v) is 10.9. The molecule has 0 bridgehead atoms. The summed E-state index contributed by atoms with van der Waals surface area (Å²) in [6.45, 7) is 6.98. The molecule has 0 saturated carbocycles. The third kappa shape index (κ3) is 5.44. The Hall–Kier alpha value is -1.61. The number of rotatable bonds is 8. The smallest absolute Gasteiger partial charge is 0.215 e. The van der Waals surface area contributed by atoms with Crippen LogP contribution in [-0.2, 0) is 23.5 Å². The van der Waals surface area contributed by atoms with Crippen LogP contribution in [0.5, 0.6) is 0 Å². The fourth-order valence-electron chi connectivity index (χ4n) is 3.47. The maximum Gasteiger partial charge on any atom is 0.215 e. The molecule has 9 heteroatoms. The van der Waals surface area contributed by atoms with E-state index in [1.807, 2.05) is 31.8 Å². The van der Waals surface area contributed by atoms with Gasteiger partial charge >= 0.3 is 0 Å². The molecule has 1 aromatic heterocycles. The lowest BCUT2D eigenvalue weighted by atomic mass is 10.0. The van der Waals surface area contributed by atoms with Gasteiger partial charge in [0.15, 0.2) is 5.96 Å². The molecule has 0 spiro atoms. The summed E-state index contributed by atoms with van der Waals surface area (Å²) in [7, 11) is 0.468. The predicted molar refractivity (Wildman–Crippen MR) is 105 cm³/mol. The third-order valence-corrected chi connectivity index (χ3v) is 6.85. The van der Waals surface area contributed by atoms with Gasteiger partial charge in [-0.1, -0.05) is 13.8 Å². The van der Waals surface area contributed by atoms with Crippen molar-refractivity contribution in [1.29, 1.82) is 0 Å². The van der Waals surface area contributed by atoms with E-state index in [0.29, 0.717) is 25.6 Å². The summed E-state index contributed by atoms with van der Waals surface area (Å²) in [4.78, 5) is 6.54. The minimum atomic E-state index is -3.21. The number of hydrogen-bond acceptors (Lipinski definition) is 4. The van der Waals surface area contributed by atoms with Crippen molar-refractivity contribution < 1.29 is 8.42 Å². The third-order valence-electron chi connectivity index (χ3n) is 4.82. The van der Waals surface area contributed by atoms with Crippen LogP contribution in [0.2, 0.25) is 0 Å². The fourth-order valence-corrected chi connectivity index (χ4v) is 4.88. The van der Waals surface area contributed by atoms with Gasteiger partial charge in [0.1, 0.15) is 0 Å². The van der Waals surface area contributed by atoms with Gasteiger partial charge in [-0.25, -0.2) is 12.7 Å². The number of aliphatic imine (C=N–C) groups is 1. The highest BCUT2D eigenvalue weighted by atomic mass is 32.2. The molecule has 8 nitrogen and oxygen atoms in total. The van der Waals surface area contributed by atoms with Crippen molar-refractivity contribution >= 4 is 16.0 Å². The second-order valence-electron chi connectivity index (χ2n) is 6.70. The standard InChI is InChI=1S/C17H32N6O2S/c1-5-23(6-2)26(24,25)10-8-19-17(18-3)22-9-7-15(14-22)11-16-12-20-21(4)13-16/h12-13,15H,5-11,14H2,1-4H3,(H,18,19). The molecule has 1 aliphatic heterocycles. The van der Waals surface area contributed by atoms with Gasteiger partial charge in [0, 0.05) is 53.0 Å². The quantitative estimate of drug-likeness (QED) is 0.522. The van der Waals surface area contributed by atoms with Crippen molar-refractivity contribution in [2.75, 3.05) is 45.5 Å². The second-order valence-corrected chi connectivity index (χ2v) is 8.79. The van der Waals surface area contributed by atoms with Gasteiger partial charge in [-0.15, -0.1) is 0 Å². The average Bonchev–Trinajstić information content (AvgIpc) is 3.22. The fraction of sp³-hybridized carbons (Fsp3) is 0.765. The normalized spacial score (nSPS) is 18.7. The van der Waals surface area contributed by atoms with Crippen LogP contribution < -0.4 is 5.32 Å². The van der Waals surface area contributed by atoms with Crippen molar-refractivity contribution in [1.82, 2.24) is 24.3 Å². The highest BCUT2D eigenvalue weighted by Gasteiger charge is 2.26. The first-order chi connectivity index (χ1) is 12.4. The van der Waals surface area contributed by atoms with Crippen LogP contribution in [0.1, 0.15) is 25.8 Å². The number of sulfonamides is 1. The van der Waals surface area contributed by atoms with Gasteiger partial charge < -0.3 is 10.2 Å². The molecule has 0 aliphatic carbocycles. The predicted octanol–water partition coefficient (Wildman–Crippen LogP) is 0.532. The van der Waals surface area contributed by atoms with E-state index in [2.05, 4.69) is 26.5 Å². The summed E-state index contributed by atoms with van der Waals surface area (Å²) in [5, 5.41) is 7.44. The van der Waals surface area contributed by atoms with E-state index in [1.165, 1.54) is 9.87 Å². The Morgan fingerprint density at radius 3 is 2.73 bits per heavy atom. The molecule has 1 aromatic rings. The summed E-state index contributed by atoms with van der Waals surface area (Å²) in [5.74, 6) is 1.44. The first-order valence-electron chi connectivity index (χ1n) is 9.30. The minimum absolute atomic E-state index is 0.0840. The largest absolute Gasteiger partial charge is 0.355 e. The Balaban J connectivity index is 1.82. The number of nitrogens with zero attached hydrogens (tertiary/aromatic N) is 5. The van der Waals surface area contributed by atoms with Crippen molar-refractivity contribution in [3.05, 3.63) is 18.0 Å². The Morgan fingerprint density at radius 2 is 2.15 bits per heavy atom. The summed E-state index contributed by atoms with van der Waals surface area (Å²) >= 11 is 0. The summed E-state index contributed by atoms with van der Waals surface area (Å²) < 4.78 is 27.9. The molecule has 2 rings (SSSR count). The zero-order chi connectivity index (χ0) is 19.2. The molecule has 148 valence electrons. The maximum absolute atomic E-state index is 12.3. The van der Waals surface area contributed by atoms with Crippen LogP contribution in [0.15, 0.2) is 17.4 Å². The minimum Gasteiger partial charge on any atom is -0.355 e. The zero-order valence-electron chi connectivity index (χ0n) is 16.3. The molecule has 26 heavy (non-hydrogen) atoms. The van der Waals surface area contributed by atoms with Crippen LogP contribution >= 0.6 is 0 Å². The maximum atomic E-state index is 12.3. The molecule has 1 unspecified atom stereocenters. The van der Waals surface area contributed by atoms with E-state index < -0.39 is 10.0 Å². The Labute approximate surface area is 157 Å². The van der Waals surface area contributed by atoms with E-state index in [4.69, 9.17) is 0 Å². The molecule has 1 fully saturated rings. The van der Waals surface area contributed by atoms with Crippen molar-refractivity contribution in [2.24, 2.45) is 18.0 Å². The zero-order valence-corrected chi connectivity index (χ0v) is 17.2. The molecule has 1 N–H and O–H groups in total. The first kappa shape index (κ1) is 20.7. The van der Waals surface area contributed by atoms with Gasteiger partial charge in [0.25, 0.3) is 0 Å². The number of guanidine groups is 1. The second kappa shape index (κ2) is 9.36. The molecular weight excluding hydrogens is 352 g/mol. The van der Waals surface area contributed by atoms with Crippen LogP contribution in [0.4, 0.5) is 0 Å². The van der Waals surface area contributed by atoms with Crippen molar-refractivity contribution in [2.45, 2.75) is 26.7 Å². The van der Waals surface area contributed by atoms with E-state index in [9.17, 15) is 8.42 Å². The number of aromatic nitrogens is 2. The SMILES string of the molecule is CCN(CC)S(=O)(=O)CCNC(=NC)N1CCC(Cc2cnn(C)c2)C1. The number of aryl methyl sites for hydroxylation is 1. The summed E-state index contributed by atoms with van der Waals surface area (Å²) in [6.07, 6.45) is 6.10. The summed E-state index contributed by atoms with van der Waals surface area (Å²) in [6, 6.07) is 0. The lowest BCUT2D eigenvalue weighted by Crippen LogP contribution is -2.43. The van der Waals surface area contributed by atoms with Crippen molar-refractivity contribution in [3.63, 3.8) is 0 Å². The van der Waals surface area contributed by atoms with Crippen LogP contribution in [0, 0.1) is 5.92 Å². The Kier molecular flexibility index (Phi) is 7.45. The lowest BCUT2D eigenvalue weighted by Gasteiger charge is -2.23. The van der Waals surface area contributed by atoms with Crippen LogP contribution in [0.25, 0.3) is 0 Å². The molecule has 1 saturated heterocycles. The van der Waals surface area contributed by atoms with Crippen LogP contribution in [-0.4, -0.2) is 78.9 Å². The number of hydrogen-bond donors (Lipinski definition) is 1. The molecule has 1 aliphatic rings. The average molecular weight is 385 g/mol. The van der Waals surface area contributed by atoms with E-state index in [-0.39, 0.29) is 5.75 Å². The van der Waals surface area contributed by atoms with Gasteiger partial charge in [-0.3, -0.25) is 9.67 Å². The Bertz CT molecular complexity index is 696. The molecule has 1 atom stereocenters. The lowest BCUT2D eigenvalue weighted by molar-refractivity contribution is 0.442. The van der Waals surface area contributed by atoms with E-state index >= 15 is 0 Å². The highest BCUT2D eigenvalue weighted by Crippen LogP contribution is 2.20. The topological polar surface area (TPSA) is 82.8 Å². The molecule has 0 amide bonds. The van der Waals surface area contributed by atoms with Gasteiger partial charge in [-0.05, 0) is 24.3 Å². The Morgan fingerprint density at radius 1 is 1.42 bits per heavy atom. The number of nitrogens with one attached hydrogen (secondary N) is 1. The number of likely N-dealkylation sites (tertiary alicyclic amines) is 1. The molecule has 0 aromatic carbocycles. The molecule has 2 heterocycles. The van der Waals surface area contributed by atoms with E-state index in [0.717, 1.165) is 31.9 Å². The van der Waals surface area contributed by atoms with Gasteiger partial charge in [-0.2, -0.15) is 5.10 Å². The van der Waals surface area contributed by atoms with Gasteiger partial charge in [0.2, 0.25) is 10.0 Å².